The van der Waals surface area contributed by atoms with E-state index in [0.717, 1.165) is 34.0 Å². The molecule has 4 rings (SSSR count). The van der Waals surface area contributed by atoms with Gasteiger partial charge in [-0.2, -0.15) is 0 Å². The number of hydrogen-bond acceptors (Lipinski definition) is 6. The van der Waals surface area contributed by atoms with E-state index in [4.69, 9.17) is 4.74 Å². The Kier molecular flexibility index (Phi) is 11.3. The second-order valence-corrected chi connectivity index (χ2v) is 13.3. The minimum absolute atomic E-state index is 0.0154. The number of rotatable bonds is 13. The van der Waals surface area contributed by atoms with Crippen molar-refractivity contribution in [3.8, 4) is 5.75 Å². The monoisotopic (exact) mass is 658 g/mol. The number of benzene rings is 3. The summed E-state index contributed by atoms with van der Waals surface area (Å²) in [4.78, 5) is 39.6. The van der Waals surface area contributed by atoms with E-state index in [9.17, 15) is 22.8 Å². The maximum Gasteiger partial charge on any atom is 0.265 e. The number of aryl methyl sites for hydroxylation is 2. The van der Waals surface area contributed by atoms with Crippen molar-refractivity contribution in [2.24, 2.45) is 0 Å². The first kappa shape index (κ1) is 35.0. The Morgan fingerprint density at radius 3 is 2.43 bits per heavy atom. The van der Waals surface area contributed by atoms with Crippen LogP contribution in [0.1, 0.15) is 59.3 Å². The molecule has 0 saturated carbocycles. The second-order valence-electron chi connectivity index (χ2n) is 11.6. The minimum Gasteiger partial charge on any atom is -0.496 e. The quantitative estimate of drug-likeness (QED) is 0.193. The van der Waals surface area contributed by atoms with Crippen LogP contribution in [0.5, 0.6) is 5.75 Å². The molecule has 2 N–H and O–H groups in total. The van der Waals surface area contributed by atoms with Crippen molar-refractivity contribution in [3.05, 3.63) is 100 Å². The van der Waals surface area contributed by atoms with E-state index < -0.39 is 15.9 Å². The number of fused-ring (bicyclic) bond motifs is 1. The summed E-state index contributed by atoms with van der Waals surface area (Å²) >= 11 is 0. The molecule has 248 valence electrons. The van der Waals surface area contributed by atoms with Crippen LogP contribution in [0.4, 0.5) is 0 Å². The first-order chi connectivity index (χ1) is 22.3. The molecule has 0 bridgehead atoms. The van der Waals surface area contributed by atoms with Gasteiger partial charge in [0.1, 0.15) is 5.75 Å². The van der Waals surface area contributed by atoms with E-state index in [1.165, 1.54) is 19.2 Å². The van der Waals surface area contributed by atoms with Crippen LogP contribution in [0.2, 0.25) is 0 Å². The Morgan fingerprint density at radius 1 is 1.00 bits per heavy atom. The van der Waals surface area contributed by atoms with Crippen molar-refractivity contribution in [1.29, 1.82) is 0 Å². The normalized spacial score (nSPS) is 11.7. The van der Waals surface area contributed by atoms with Crippen molar-refractivity contribution in [2.75, 3.05) is 27.7 Å². The number of hydrogen-bond donors (Lipinski definition) is 2. The fraction of sp³-hybridized carbons (Fsp3) is 0.306. The maximum atomic E-state index is 13.1. The number of carbonyl (C=O) groups excluding carboxylic acids is 3. The number of nitrogens with zero attached hydrogens (tertiary/aromatic N) is 2. The molecule has 47 heavy (non-hydrogen) atoms. The van der Waals surface area contributed by atoms with Gasteiger partial charge in [-0.25, -0.2) is 13.1 Å². The van der Waals surface area contributed by atoms with Crippen LogP contribution in [0.3, 0.4) is 0 Å². The third-order valence-electron chi connectivity index (χ3n) is 7.87. The lowest BCUT2D eigenvalue weighted by molar-refractivity contribution is -0.128. The molecule has 0 aliphatic rings. The van der Waals surface area contributed by atoms with Gasteiger partial charge >= 0.3 is 0 Å². The summed E-state index contributed by atoms with van der Waals surface area (Å²) in [6.45, 7) is 6.53. The number of sulfonamides is 1. The average molecular weight is 659 g/mol. The topological polar surface area (TPSA) is 127 Å². The zero-order chi connectivity index (χ0) is 34.3. The lowest BCUT2D eigenvalue weighted by Gasteiger charge is -2.12. The average Bonchev–Trinajstić information content (AvgIpc) is 3.38. The van der Waals surface area contributed by atoms with Gasteiger partial charge < -0.3 is 19.5 Å². The molecule has 0 aliphatic carbocycles. The Balaban J connectivity index is 1.67. The molecule has 3 aromatic carbocycles. The highest BCUT2D eigenvalue weighted by Crippen LogP contribution is 2.30. The molecule has 11 heteroatoms. The second kappa shape index (κ2) is 15.1. The predicted molar refractivity (Wildman–Crippen MR) is 184 cm³/mol. The molecule has 0 unspecified atom stereocenters. The SMILES string of the molecule is CCCNC(=O)C(C)=Cc1ccc2c(c1)c(Cc1ccc(C(=O)NS(=O)(=O)c3ccccc3C)cc1OC)cn2CCC(=O)N(C)C. The minimum atomic E-state index is -4.08. The third-order valence-corrected chi connectivity index (χ3v) is 9.36. The van der Waals surface area contributed by atoms with E-state index in [1.807, 2.05) is 42.0 Å². The molecule has 1 aromatic heterocycles. The van der Waals surface area contributed by atoms with Crippen LogP contribution in [-0.4, -0.2) is 63.4 Å². The number of carbonyl (C=O) groups is 3. The summed E-state index contributed by atoms with van der Waals surface area (Å²) in [5.41, 5.74) is 4.79. The highest BCUT2D eigenvalue weighted by molar-refractivity contribution is 7.90. The lowest BCUT2D eigenvalue weighted by Crippen LogP contribution is -2.31. The standard InChI is InChI=1S/C36H42N4O6S/c1-7-17-37-35(42)25(3)19-26-12-15-31-30(20-26)29(23-40(31)18-16-34(41)39(4)5)21-27-13-14-28(22-32(27)46-6)36(43)38-47(44,45)33-11-9-8-10-24(33)2/h8-15,19-20,22-23H,7,16-18,21H2,1-6H3,(H,37,42)(H,38,43). The summed E-state index contributed by atoms with van der Waals surface area (Å²) in [5.74, 6) is -0.446. The van der Waals surface area contributed by atoms with Crippen LogP contribution in [0.25, 0.3) is 17.0 Å². The van der Waals surface area contributed by atoms with Gasteiger partial charge in [0, 0.05) is 68.3 Å². The van der Waals surface area contributed by atoms with Crippen LogP contribution in [0, 0.1) is 6.92 Å². The van der Waals surface area contributed by atoms with Gasteiger partial charge in [0.25, 0.3) is 15.9 Å². The Morgan fingerprint density at radius 2 is 1.74 bits per heavy atom. The molecular formula is C36H42N4O6S. The maximum absolute atomic E-state index is 13.1. The fourth-order valence-corrected chi connectivity index (χ4v) is 6.49. The first-order valence-corrected chi connectivity index (χ1v) is 16.9. The van der Waals surface area contributed by atoms with Gasteiger partial charge in [0.05, 0.1) is 12.0 Å². The van der Waals surface area contributed by atoms with Gasteiger partial charge in [-0.05, 0) is 78.9 Å². The summed E-state index contributed by atoms with van der Waals surface area (Å²) in [5, 5.41) is 3.85. The number of aromatic nitrogens is 1. The number of amides is 3. The molecule has 0 radical (unpaired) electrons. The summed E-state index contributed by atoms with van der Waals surface area (Å²) < 4.78 is 35.7. The summed E-state index contributed by atoms with van der Waals surface area (Å²) in [7, 11) is 0.877. The van der Waals surface area contributed by atoms with E-state index in [1.54, 1.807) is 63.2 Å². The smallest absolute Gasteiger partial charge is 0.265 e. The zero-order valence-electron chi connectivity index (χ0n) is 27.7. The number of nitrogens with one attached hydrogen (secondary N) is 2. The summed E-state index contributed by atoms with van der Waals surface area (Å²) in [6, 6.07) is 17.3. The van der Waals surface area contributed by atoms with Gasteiger partial charge in [-0.15, -0.1) is 0 Å². The Bertz CT molecular complexity index is 1940. The molecule has 0 saturated heterocycles. The van der Waals surface area contributed by atoms with Crippen molar-refractivity contribution >= 4 is 44.7 Å². The van der Waals surface area contributed by atoms with E-state index in [2.05, 4.69) is 10.0 Å². The Labute approximate surface area is 276 Å². The van der Waals surface area contributed by atoms with E-state index in [-0.39, 0.29) is 22.3 Å². The van der Waals surface area contributed by atoms with Crippen molar-refractivity contribution < 1.29 is 27.5 Å². The van der Waals surface area contributed by atoms with Gasteiger partial charge in [0.2, 0.25) is 11.8 Å². The van der Waals surface area contributed by atoms with E-state index >= 15 is 0 Å². The third kappa shape index (κ3) is 8.48. The van der Waals surface area contributed by atoms with Crippen LogP contribution in [0.15, 0.2) is 77.3 Å². The fourth-order valence-electron chi connectivity index (χ4n) is 5.27. The van der Waals surface area contributed by atoms with Gasteiger partial charge in [0.15, 0.2) is 0 Å². The van der Waals surface area contributed by atoms with Crippen molar-refractivity contribution in [2.45, 2.75) is 51.5 Å². The predicted octanol–water partition coefficient (Wildman–Crippen LogP) is 5.08. The molecule has 4 aromatic rings. The van der Waals surface area contributed by atoms with Crippen molar-refractivity contribution in [3.63, 3.8) is 0 Å². The molecule has 0 aliphatic heterocycles. The van der Waals surface area contributed by atoms with Crippen LogP contribution in [-0.2, 0) is 32.6 Å². The molecule has 0 fully saturated rings. The molecule has 0 spiro atoms. The molecular weight excluding hydrogens is 616 g/mol. The zero-order valence-corrected chi connectivity index (χ0v) is 28.5. The molecule has 0 atom stereocenters. The molecule has 3 amide bonds. The Hall–Kier alpha value is -4.90. The lowest BCUT2D eigenvalue weighted by atomic mass is 10.00. The van der Waals surface area contributed by atoms with Crippen LogP contribution >= 0.6 is 0 Å². The van der Waals surface area contributed by atoms with E-state index in [0.29, 0.717) is 42.8 Å². The highest BCUT2D eigenvalue weighted by atomic mass is 32.2. The number of ether oxygens (including phenoxy) is 1. The largest absolute Gasteiger partial charge is 0.496 e. The summed E-state index contributed by atoms with van der Waals surface area (Å²) in [6.07, 6.45) is 5.46. The number of methoxy groups -OCH3 is 1. The van der Waals surface area contributed by atoms with Gasteiger partial charge in [-0.3, -0.25) is 14.4 Å². The van der Waals surface area contributed by atoms with Gasteiger partial charge in [-0.1, -0.05) is 37.3 Å². The van der Waals surface area contributed by atoms with Crippen LogP contribution < -0.4 is 14.8 Å². The molecule has 10 nitrogen and oxygen atoms in total. The first-order valence-electron chi connectivity index (χ1n) is 15.4. The molecule has 1 heterocycles. The highest BCUT2D eigenvalue weighted by Gasteiger charge is 2.22. The van der Waals surface area contributed by atoms with Crippen molar-refractivity contribution in [1.82, 2.24) is 19.5 Å².